The summed E-state index contributed by atoms with van der Waals surface area (Å²) in [6.07, 6.45) is 3.48. The summed E-state index contributed by atoms with van der Waals surface area (Å²) < 4.78 is 5.68. The first kappa shape index (κ1) is 13.8. The lowest BCUT2D eigenvalue weighted by Gasteiger charge is -2.14. The van der Waals surface area contributed by atoms with Crippen molar-refractivity contribution < 1.29 is 4.74 Å². The van der Waals surface area contributed by atoms with Crippen LogP contribution in [0.3, 0.4) is 0 Å². The molecule has 0 aliphatic rings. The Morgan fingerprint density at radius 3 is 2.58 bits per heavy atom. The molecule has 1 aromatic carbocycles. The lowest BCUT2D eigenvalue weighted by Crippen LogP contribution is -2.22. The molecule has 4 nitrogen and oxygen atoms in total. The molecule has 1 atom stereocenters. The van der Waals surface area contributed by atoms with E-state index in [2.05, 4.69) is 9.97 Å². The Morgan fingerprint density at radius 1 is 1.26 bits per heavy atom. The Bertz CT molecular complexity index is 557. The molecule has 1 heterocycles. The van der Waals surface area contributed by atoms with E-state index in [9.17, 15) is 0 Å². The van der Waals surface area contributed by atoms with Crippen molar-refractivity contribution in [1.29, 1.82) is 0 Å². The number of benzene rings is 1. The molecular formula is C14H16ClN3O. The number of hydrogen-bond donors (Lipinski definition) is 1. The average molecular weight is 278 g/mol. The largest absolute Gasteiger partial charge is 0.488 e. The quantitative estimate of drug-likeness (QED) is 0.933. The standard InChI is InChI=1S/C14H16ClN3O/c1-9(6-16)19-14-5-11(3-4-13(14)15)12-7-17-10(2)18-8-12/h3-5,7-9H,6,16H2,1-2H3/t9-/m0/s1. The van der Waals surface area contributed by atoms with E-state index in [0.717, 1.165) is 17.0 Å². The molecule has 100 valence electrons. The monoisotopic (exact) mass is 277 g/mol. The number of aryl methyl sites for hydroxylation is 1. The van der Waals surface area contributed by atoms with Crippen molar-refractivity contribution >= 4 is 11.6 Å². The van der Waals surface area contributed by atoms with Crippen LogP contribution in [0, 0.1) is 6.92 Å². The maximum Gasteiger partial charge on any atom is 0.138 e. The van der Waals surface area contributed by atoms with E-state index >= 15 is 0 Å². The summed E-state index contributed by atoms with van der Waals surface area (Å²) in [4.78, 5) is 8.36. The van der Waals surface area contributed by atoms with Gasteiger partial charge in [0.1, 0.15) is 17.7 Å². The Labute approximate surface area is 117 Å². The van der Waals surface area contributed by atoms with E-state index in [1.165, 1.54) is 0 Å². The highest BCUT2D eigenvalue weighted by Crippen LogP contribution is 2.30. The highest BCUT2D eigenvalue weighted by molar-refractivity contribution is 6.32. The first-order chi connectivity index (χ1) is 9.10. The first-order valence-electron chi connectivity index (χ1n) is 6.05. The summed E-state index contributed by atoms with van der Waals surface area (Å²) in [5.74, 6) is 1.36. The van der Waals surface area contributed by atoms with E-state index in [1.807, 2.05) is 26.0 Å². The lowest BCUT2D eigenvalue weighted by molar-refractivity contribution is 0.230. The van der Waals surface area contributed by atoms with Crippen molar-refractivity contribution in [2.24, 2.45) is 5.73 Å². The third-order valence-electron chi connectivity index (χ3n) is 2.71. The van der Waals surface area contributed by atoms with E-state index in [1.54, 1.807) is 18.5 Å². The molecule has 0 saturated heterocycles. The van der Waals surface area contributed by atoms with Crippen LogP contribution in [0.1, 0.15) is 12.7 Å². The number of hydrogen-bond acceptors (Lipinski definition) is 4. The van der Waals surface area contributed by atoms with Crippen molar-refractivity contribution in [2.45, 2.75) is 20.0 Å². The van der Waals surface area contributed by atoms with Crippen molar-refractivity contribution in [3.8, 4) is 16.9 Å². The van der Waals surface area contributed by atoms with Gasteiger partial charge in [-0.2, -0.15) is 0 Å². The molecule has 0 aliphatic carbocycles. The van der Waals surface area contributed by atoms with Crippen LogP contribution in [0.25, 0.3) is 11.1 Å². The fraction of sp³-hybridized carbons (Fsp3) is 0.286. The maximum atomic E-state index is 6.11. The summed E-state index contributed by atoms with van der Waals surface area (Å²) in [7, 11) is 0. The fourth-order valence-corrected chi connectivity index (χ4v) is 1.74. The van der Waals surface area contributed by atoms with Gasteiger partial charge in [0.2, 0.25) is 0 Å². The Balaban J connectivity index is 2.32. The fourth-order valence-electron chi connectivity index (χ4n) is 1.58. The molecular weight excluding hydrogens is 262 g/mol. The Kier molecular flexibility index (Phi) is 4.35. The minimum absolute atomic E-state index is 0.0815. The van der Waals surface area contributed by atoms with Gasteiger partial charge in [-0.3, -0.25) is 0 Å². The predicted octanol–water partition coefficient (Wildman–Crippen LogP) is 2.83. The summed E-state index contributed by atoms with van der Waals surface area (Å²) in [5, 5.41) is 0.567. The zero-order chi connectivity index (χ0) is 13.8. The van der Waals surface area contributed by atoms with Crippen molar-refractivity contribution in [1.82, 2.24) is 9.97 Å². The molecule has 1 aromatic heterocycles. The number of nitrogens with two attached hydrogens (primary N) is 1. The Hall–Kier alpha value is -1.65. The van der Waals surface area contributed by atoms with Crippen molar-refractivity contribution in [3.05, 3.63) is 41.4 Å². The molecule has 0 saturated carbocycles. The third kappa shape index (κ3) is 3.43. The number of ether oxygens (including phenoxy) is 1. The molecule has 0 unspecified atom stereocenters. The molecule has 0 amide bonds. The SMILES string of the molecule is Cc1ncc(-c2ccc(Cl)c(O[C@@H](C)CN)c2)cn1. The van der Waals surface area contributed by atoms with E-state index in [0.29, 0.717) is 17.3 Å². The number of halogens is 1. The van der Waals surface area contributed by atoms with Crippen LogP contribution in [0.15, 0.2) is 30.6 Å². The topological polar surface area (TPSA) is 61.0 Å². The maximum absolute atomic E-state index is 6.11. The van der Waals surface area contributed by atoms with Crippen LogP contribution in [0.5, 0.6) is 5.75 Å². The van der Waals surface area contributed by atoms with Gasteiger partial charge in [0, 0.05) is 24.5 Å². The number of rotatable bonds is 4. The molecule has 0 fully saturated rings. The van der Waals surface area contributed by atoms with Gasteiger partial charge in [0.15, 0.2) is 0 Å². The third-order valence-corrected chi connectivity index (χ3v) is 3.02. The summed E-state index contributed by atoms with van der Waals surface area (Å²) >= 11 is 6.11. The minimum Gasteiger partial charge on any atom is -0.488 e. The zero-order valence-electron chi connectivity index (χ0n) is 10.9. The van der Waals surface area contributed by atoms with Crippen LogP contribution in [-0.4, -0.2) is 22.6 Å². The normalized spacial score (nSPS) is 12.2. The second kappa shape index (κ2) is 5.99. The molecule has 0 aliphatic heterocycles. The number of aromatic nitrogens is 2. The molecule has 2 rings (SSSR count). The molecule has 0 spiro atoms. The van der Waals surface area contributed by atoms with Gasteiger partial charge in [0.25, 0.3) is 0 Å². The number of nitrogens with zero attached hydrogens (tertiary/aromatic N) is 2. The van der Waals surface area contributed by atoms with E-state index in [-0.39, 0.29) is 6.10 Å². The van der Waals surface area contributed by atoms with Gasteiger partial charge in [-0.15, -0.1) is 0 Å². The lowest BCUT2D eigenvalue weighted by atomic mass is 10.1. The van der Waals surface area contributed by atoms with Gasteiger partial charge in [0.05, 0.1) is 5.02 Å². The second-order valence-electron chi connectivity index (χ2n) is 4.33. The van der Waals surface area contributed by atoms with Crippen LogP contribution in [0.2, 0.25) is 5.02 Å². The van der Waals surface area contributed by atoms with Crippen LogP contribution in [0.4, 0.5) is 0 Å². The molecule has 0 radical (unpaired) electrons. The smallest absolute Gasteiger partial charge is 0.138 e. The average Bonchev–Trinajstić information content (AvgIpc) is 2.42. The first-order valence-corrected chi connectivity index (χ1v) is 6.43. The van der Waals surface area contributed by atoms with Gasteiger partial charge >= 0.3 is 0 Å². The molecule has 5 heteroatoms. The summed E-state index contributed by atoms with van der Waals surface area (Å²) in [5.41, 5.74) is 7.43. The minimum atomic E-state index is -0.0815. The summed E-state index contributed by atoms with van der Waals surface area (Å²) in [6, 6.07) is 5.59. The zero-order valence-corrected chi connectivity index (χ0v) is 11.7. The van der Waals surface area contributed by atoms with Crippen molar-refractivity contribution in [2.75, 3.05) is 6.54 Å². The molecule has 2 aromatic rings. The molecule has 0 bridgehead atoms. The highest BCUT2D eigenvalue weighted by atomic mass is 35.5. The van der Waals surface area contributed by atoms with Gasteiger partial charge in [-0.05, 0) is 31.5 Å². The highest BCUT2D eigenvalue weighted by Gasteiger charge is 2.08. The van der Waals surface area contributed by atoms with Gasteiger partial charge < -0.3 is 10.5 Å². The van der Waals surface area contributed by atoms with Crippen molar-refractivity contribution in [3.63, 3.8) is 0 Å². The van der Waals surface area contributed by atoms with Crippen LogP contribution < -0.4 is 10.5 Å². The molecule has 19 heavy (non-hydrogen) atoms. The van der Waals surface area contributed by atoms with Crippen LogP contribution >= 0.6 is 11.6 Å². The van der Waals surface area contributed by atoms with Crippen LogP contribution in [-0.2, 0) is 0 Å². The van der Waals surface area contributed by atoms with Gasteiger partial charge in [-0.25, -0.2) is 9.97 Å². The van der Waals surface area contributed by atoms with E-state index in [4.69, 9.17) is 22.1 Å². The second-order valence-corrected chi connectivity index (χ2v) is 4.74. The Morgan fingerprint density at radius 2 is 1.95 bits per heavy atom. The molecule has 2 N–H and O–H groups in total. The van der Waals surface area contributed by atoms with Gasteiger partial charge in [-0.1, -0.05) is 17.7 Å². The summed E-state index contributed by atoms with van der Waals surface area (Å²) in [6.45, 7) is 4.19. The predicted molar refractivity (Wildman–Crippen MR) is 76.4 cm³/mol. The van der Waals surface area contributed by atoms with E-state index < -0.39 is 0 Å².